The predicted molar refractivity (Wildman–Crippen MR) is 125 cm³/mol. The summed E-state index contributed by atoms with van der Waals surface area (Å²) in [7, 11) is 0. The number of amides is 1. The Hall–Kier alpha value is -4.14. The summed E-state index contributed by atoms with van der Waals surface area (Å²) in [6.45, 7) is 0.671. The fourth-order valence-electron chi connectivity index (χ4n) is 4.72. The molecule has 1 aromatic heterocycles. The smallest absolute Gasteiger partial charge is 0.406 e. The third kappa shape index (κ3) is 4.68. The van der Waals surface area contributed by atoms with Gasteiger partial charge in [-0.1, -0.05) is 65.8 Å². The summed E-state index contributed by atoms with van der Waals surface area (Å²) < 4.78 is 46.5. The second-order valence-electron chi connectivity index (χ2n) is 8.55. The molecule has 0 bridgehead atoms. The summed E-state index contributed by atoms with van der Waals surface area (Å²) in [5.41, 5.74) is 1.50. The Morgan fingerprint density at radius 3 is 2.11 bits per heavy atom. The first-order chi connectivity index (χ1) is 17.3. The van der Waals surface area contributed by atoms with E-state index in [1.807, 2.05) is 60.7 Å². The van der Waals surface area contributed by atoms with Gasteiger partial charge in [0.2, 0.25) is 17.6 Å². The molecule has 0 N–H and O–H groups in total. The van der Waals surface area contributed by atoms with E-state index in [0.29, 0.717) is 18.5 Å². The van der Waals surface area contributed by atoms with Gasteiger partial charge in [-0.05, 0) is 48.2 Å². The minimum atomic E-state index is -4.77. The number of piperidine rings is 1. The molecule has 1 aliphatic heterocycles. The Balaban J connectivity index is 1.39. The monoisotopic (exact) mass is 493 g/mol. The van der Waals surface area contributed by atoms with Gasteiger partial charge in [0.1, 0.15) is 12.3 Å². The molecule has 1 saturated heterocycles. The van der Waals surface area contributed by atoms with Crippen LogP contribution in [0.3, 0.4) is 0 Å². The average Bonchev–Trinajstić information content (AvgIpc) is 3.34. The number of likely N-dealkylation sites (tertiary alicyclic amines) is 1. The molecule has 1 fully saturated rings. The third-order valence-electron chi connectivity index (χ3n) is 6.31. The van der Waals surface area contributed by atoms with Crippen LogP contribution >= 0.6 is 0 Å². The average molecular weight is 493 g/mol. The lowest BCUT2D eigenvalue weighted by atomic mass is 9.68. The van der Waals surface area contributed by atoms with Crippen LogP contribution in [0.4, 0.5) is 13.2 Å². The number of aromatic nitrogens is 2. The highest BCUT2D eigenvalue weighted by molar-refractivity contribution is 5.92. The molecule has 0 radical (unpaired) electrons. The van der Waals surface area contributed by atoms with Crippen molar-refractivity contribution in [3.8, 4) is 17.1 Å². The zero-order valence-corrected chi connectivity index (χ0v) is 19.1. The summed E-state index contributed by atoms with van der Waals surface area (Å²) >= 11 is 0. The van der Waals surface area contributed by atoms with Gasteiger partial charge < -0.3 is 14.2 Å². The Morgan fingerprint density at radius 2 is 1.53 bits per heavy atom. The Kier molecular flexibility index (Phi) is 6.22. The van der Waals surface area contributed by atoms with Gasteiger partial charge in [0.25, 0.3) is 0 Å². The molecule has 9 heteroatoms. The van der Waals surface area contributed by atoms with Crippen molar-refractivity contribution in [3.63, 3.8) is 0 Å². The van der Waals surface area contributed by atoms with Crippen molar-refractivity contribution in [2.75, 3.05) is 6.54 Å². The highest BCUT2D eigenvalue weighted by Gasteiger charge is 2.46. The van der Waals surface area contributed by atoms with Crippen molar-refractivity contribution in [1.82, 2.24) is 15.0 Å². The number of hydrogen-bond acceptors (Lipinski definition) is 5. The zero-order chi connectivity index (χ0) is 25.2. The molecular weight excluding hydrogens is 471 g/mol. The fourth-order valence-corrected chi connectivity index (χ4v) is 4.72. The molecule has 0 unspecified atom stereocenters. The lowest BCUT2D eigenvalue weighted by Crippen LogP contribution is -2.51. The second-order valence-corrected chi connectivity index (χ2v) is 8.55. The van der Waals surface area contributed by atoms with Gasteiger partial charge in [0, 0.05) is 12.1 Å². The molecule has 1 amide bonds. The maximum Gasteiger partial charge on any atom is 0.573 e. The highest BCUT2D eigenvalue weighted by Crippen LogP contribution is 2.41. The van der Waals surface area contributed by atoms with Crippen molar-refractivity contribution in [1.29, 1.82) is 0 Å². The van der Waals surface area contributed by atoms with E-state index in [1.54, 1.807) is 4.90 Å². The summed E-state index contributed by atoms with van der Waals surface area (Å²) in [4.78, 5) is 20.1. The van der Waals surface area contributed by atoms with Crippen molar-refractivity contribution < 1.29 is 27.2 Å². The molecule has 184 valence electrons. The zero-order valence-electron chi connectivity index (χ0n) is 19.1. The Labute approximate surface area is 205 Å². The van der Waals surface area contributed by atoms with E-state index in [0.717, 1.165) is 17.5 Å². The summed E-state index contributed by atoms with van der Waals surface area (Å²) in [5, 5.41) is 3.95. The fraction of sp³-hybridized carbons (Fsp3) is 0.222. The molecule has 2 heterocycles. The van der Waals surface area contributed by atoms with Gasteiger partial charge in [-0.2, -0.15) is 4.98 Å². The number of hydrogen-bond donors (Lipinski definition) is 0. The van der Waals surface area contributed by atoms with E-state index < -0.39 is 11.8 Å². The maximum atomic E-state index is 14.0. The number of carbonyl (C=O) groups is 1. The van der Waals surface area contributed by atoms with E-state index >= 15 is 0 Å². The van der Waals surface area contributed by atoms with E-state index in [-0.39, 0.29) is 29.9 Å². The molecular formula is C27H22F3N3O3. The predicted octanol–water partition coefficient (Wildman–Crippen LogP) is 5.74. The van der Waals surface area contributed by atoms with Crippen LogP contribution in [-0.4, -0.2) is 33.9 Å². The van der Waals surface area contributed by atoms with Crippen molar-refractivity contribution in [3.05, 3.63) is 102 Å². The van der Waals surface area contributed by atoms with E-state index in [2.05, 4.69) is 14.9 Å². The largest absolute Gasteiger partial charge is 0.573 e. The van der Waals surface area contributed by atoms with Crippen LogP contribution in [0, 0.1) is 0 Å². The first-order valence-electron chi connectivity index (χ1n) is 11.4. The van der Waals surface area contributed by atoms with Crippen LogP contribution < -0.4 is 4.74 Å². The molecule has 6 nitrogen and oxygen atoms in total. The molecule has 5 rings (SSSR count). The van der Waals surface area contributed by atoms with E-state index in [1.165, 1.54) is 24.3 Å². The van der Waals surface area contributed by atoms with Crippen molar-refractivity contribution in [2.45, 2.75) is 31.2 Å². The SMILES string of the molecule is O=C1N(Cc2nc(-c3ccc(OC(F)(F)F)cc3)no2)CCCC1(c1ccccc1)c1ccccc1. The van der Waals surface area contributed by atoms with Gasteiger partial charge in [0.15, 0.2) is 0 Å². The first-order valence-corrected chi connectivity index (χ1v) is 11.4. The molecule has 0 saturated carbocycles. The first kappa shape index (κ1) is 23.6. The normalized spacial score (nSPS) is 15.6. The molecule has 1 aliphatic rings. The van der Waals surface area contributed by atoms with Crippen molar-refractivity contribution in [2.24, 2.45) is 0 Å². The second kappa shape index (κ2) is 9.49. The number of halogens is 3. The van der Waals surface area contributed by atoms with Crippen LogP contribution in [0.25, 0.3) is 11.4 Å². The quantitative estimate of drug-likeness (QED) is 0.343. The number of ether oxygens (including phenoxy) is 1. The Morgan fingerprint density at radius 1 is 0.917 bits per heavy atom. The van der Waals surface area contributed by atoms with Gasteiger partial charge >= 0.3 is 6.36 Å². The Bertz CT molecular complexity index is 1280. The van der Waals surface area contributed by atoms with E-state index in [9.17, 15) is 18.0 Å². The molecule has 0 aliphatic carbocycles. The molecule has 4 aromatic rings. The highest BCUT2D eigenvalue weighted by atomic mass is 19.4. The molecule has 3 aromatic carbocycles. The van der Waals surface area contributed by atoms with Gasteiger partial charge in [-0.15, -0.1) is 13.2 Å². The molecule has 0 spiro atoms. The van der Waals surface area contributed by atoms with Gasteiger partial charge in [0.05, 0.1) is 5.41 Å². The minimum absolute atomic E-state index is 0.0421. The number of benzene rings is 3. The number of nitrogens with zero attached hydrogens (tertiary/aromatic N) is 3. The summed E-state index contributed by atoms with van der Waals surface area (Å²) in [6.07, 6.45) is -3.30. The van der Waals surface area contributed by atoms with Crippen molar-refractivity contribution >= 4 is 5.91 Å². The van der Waals surface area contributed by atoms with Gasteiger partial charge in [-0.25, -0.2) is 0 Å². The molecule has 0 atom stereocenters. The number of rotatable bonds is 6. The lowest BCUT2D eigenvalue weighted by Gasteiger charge is -2.42. The molecule has 36 heavy (non-hydrogen) atoms. The number of alkyl halides is 3. The summed E-state index contributed by atoms with van der Waals surface area (Å²) in [6, 6.07) is 24.7. The maximum absolute atomic E-state index is 14.0. The van der Waals surface area contributed by atoms with Crippen LogP contribution in [0.1, 0.15) is 29.9 Å². The topological polar surface area (TPSA) is 68.5 Å². The standard InChI is InChI=1S/C27H22F3N3O3/c28-27(29,30)35-22-14-12-19(13-15-22)24-31-23(36-32-24)18-33-17-7-16-26(25(33)34,20-8-3-1-4-9-20)21-10-5-2-6-11-21/h1-6,8-15H,7,16-18H2. The van der Waals surface area contributed by atoms with E-state index in [4.69, 9.17) is 4.52 Å². The van der Waals surface area contributed by atoms with Crippen LogP contribution in [0.15, 0.2) is 89.5 Å². The minimum Gasteiger partial charge on any atom is -0.406 e. The lowest BCUT2D eigenvalue weighted by molar-refractivity contribution is -0.274. The van der Waals surface area contributed by atoms with Crippen LogP contribution in [0.2, 0.25) is 0 Å². The summed E-state index contributed by atoms with van der Waals surface area (Å²) in [5.74, 6) is 0.0721. The third-order valence-corrected chi connectivity index (χ3v) is 6.31. The van der Waals surface area contributed by atoms with Crippen LogP contribution in [-0.2, 0) is 16.8 Å². The number of carbonyl (C=O) groups excluding carboxylic acids is 1. The van der Waals surface area contributed by atoms with Gasteiger partial charge in [-0.3, -0.25) is 4.79 Å². The van der Waals surface area contributed by atoms with Crippen LogP contribution in [0.5, 0.6) is 5.75 Å².